The third kappa shape index (κ3) is 2.21. The van der Waals surface area contributed by atoms with Crippen molar-refractivity contribution < 1.29 is 5.11 Å². The van der Waals surface area contributed by atoms with Gasteiger partial charge in [0.1, 0.15) is 10.0 Å². The van der Waals surface area contributed by atoms with Gasteiger partial charge < -0.3 is 16.2 Å². The van der Waals surface area contributed by atoms with Crippen molar-refractivity contribution in [3.05, 3.63) is 10.0 Å². The van der Waals surface area contributed by atoms with E-state index in [0.29, 0.717) is 11.6 Å². The van der Waals surface area contributed by atoms with Crippen LogP contribution in [0.15, 0.2) is 0 Å². The van der Waals surface area contributed by atoms with Gasteiger partial charge in [0.2, 0.25) is 0 Å². The predicted octanol–water partition coefficient (Wildman–Crippen LogP) is -0.750. The predicted molar refractivity (Wildman–Crippen MR) is 46.7 cm³/mol. The maximum atomic E-state index is 8.73. The molecular formula is C6H12N4OS. The third-order valence-corrected chi connectivity index (χ3v) is 2.38. The van der Waals surface area contributed by atoms with Gasteiger partial charge in [-0.1, -0.05) is 11.3 Å². The molecule has 1 rings (SSSR count). The van der Waals surface area contributed by atoms with E-state index in [1.165, 1.54) is 11.3 Å². The average Bonchev–Trinajstić information content (AvgIpc) is 2.52. The average molecular weight is 188 g/mol. The van der Waals surface area contributed by atoms with Crippen LogP contribution in [0.5, 0.6) is 0 Å². The number of aliphatic hydroxyl groups is 1. The molecule has 1 heterocycles. The molecule has 0 spiro atoms. The molecule has 0 aliphatic rings. The van der Waals surface area contributed by atoms with Crippen LogP contribution in [0, 0.1) is 0 Å². The van der Waals surface area contributed by atoms with Crippen LogP contribution < -0.4 is 11.1 Å². The first-order valence-corrected chi connectivity index (χ1v) is 4.43. The number of aliphatic hydroxyl groups excluding tert-OH is 1. The van der Waals surface area contributed by atoms with Gasteiger partial charge in [0.25, 0.3) is 0 Å². The van der Waals surface area contributed by atoms with Crippen molar-refractivity contribution in [1.29, 1.82) is 0 Å². The van der Waals surface area contributed by atoms with Gasteiger partial charge in [0.05, 0.1) is 12.6 Å². The highest BCUT2D eigenvalue weighted by molar-refractivity contribution is 7.11. The van der Waals surface area contributed by atoms with E-state index >= 15 is 0 Å². The van der Waals surface area contributed by atoms with Crippen molar-refractivity contribution in [2.24, 2.45) is 5.73 Å². The molecule has 0 aliphatic carbocycles. The molecule has 1 atom stereocenters. The van der Waals surface area contributed by atoms with Gasteiger partial charge in [-0.2, -0.15) is 0 Å². The zero-order chi connectivity index (χ0) is 8.97. The second kappa shape index (κ2) is 4.46. The highest BCUT2D eigenvalue weighted by atomic mass is 32.1. The summed E-state index contributed by atoms with van der Waals surface area (Å²) in [5, 5.41) is 21.0. The maximum Gasteiger partial charge on any atom is 0.136 e. The van der Waals surface area contributed by atoms with Crippen LogP contribution in [0.25, 0.3) is 0 Å². The smallest absolute Gasteiger partial charge is 0.136 e. The lowest BCUT2D eigenvalue weighted by Gasteiger charge is -1.99. The van der Waals surface area contributed by atoms with Crippen LogP contribution in [-0.2, 0) is 6.54 Å². The van der Waals surface area contributed by atoms with E-state index in [0.717, 1.165) is 5.01 Å². The largest absolute Gasteiger partial charge is 0.394 e. The minimum atomic E-state index is -0.395. The number of nitrogens with two attached hydrogens (primary N) is 1. The van der Waals surface area contributed by atoms with Crippen LogP contribution in [0.1, 0.15) is 16.1 Å². The summed E-state index contributed by atoms with van der Waals surface area (Å²) in [6.45, 7) is 0.601. The number of hydrogen-bond donors (Lipinski definition) is 3. The summed E-state index contributed by atoms with van der Waals surface area (Å²) in [6, 6.07) is -0.395. The van der Waals surface area contributed by atoms with E-state index in [-0.39, 0.29) is 6.61 Å². The molecule has 4 N–H and O–H groups in total. The zero-order valence-corrected chi connectivity index (χ0v) is 7.64. The Bertz CT molecular complexity index is 239. The van der Waals surface area contributed by atoms with E-state index < -0.39 is 6.04 Å². The number of nitrogens with one attached hydrogen (secondary N) is 1. The molecule has 0 bridgehead atoms. The fourth-order valence-electron chi connectivity index (χ4n) is 0.717. The van der Waals surface area contributed by atoms with Gasteiger partial charge >= 0.3 is 0 Å². The molecule has 6 heteroatoms. The van der Waals surface area contributed by atoms with Crippen molar-refractivity contribution in [3.63, 3.8) is 0 Å². The lowest BCUT2D eigenvalue weighted by atomic mass is 10.4. The minimum Gasteiger partial charge on any atom is -0.394 e. The molecule has 0 fully saturated rings. The standard InChI is InChI=1S/C6H12N4OS/c1-8-2-5-9-10-6(12-5)4(7)3-11/h4,8,11H,2-3,7H2,1H3/t4-/m0/s1. The van der Waals surface area contributed by atoms with Gasteiger partial charge in [-0.3, -0.25) is 0 Å². The molecule has 0 aromatic carbocycles. The van der Waals surface area contributed by atoms with Gasteiger partial charge in [-0.15, -0.1) is 10.2 Å². The van der Waals surface area contributed by atoms with Crippen molar-refractivity contribution in [2.45, 2.75) is 12.6 Å². The summed E-state index contributed by atoms with van der Waals surface area (Å²) in [7, 11) is 1.84. The summed E-state index contributed by atoms with van der Waals surface area (Å²) in [4.78, 5) is 0. The van der Waals surface area contributed by atoms with Gasteiger partial charge in [-0.05, 0) is 7.05 Å². The summed E-state index contributed by atoms with van der Waals surface area (Å²) in [5.41, 5.74) is 5.54. The first-order valence-electron chi connectivity index (χ1n) is 3.61. The Morgan fingerprint density at radius 2 is 2.42 bits per heavy atom. The third-order valence-electron chi connectivity index (χ3n) is 1.32. The van der Waals surface area contributed by atoms with E-state index in [4.69, 9.17) is 10.8 Å². The molecule has 0 saturated heterocycles. The summed E-state index contributed by atoms with van der Waals surface area (Å²) >= 11 is 1.42. The van der Waals surface area contributed by atoms with E-state index in [2.05, 4.69) is 15.5 Å². The Hall–Kier alpha value is -0.560. The first-order chi connectivity index (χ1) is 5.77. The Morgan fingerprint density at radius 3 is 3.00 bits per heavy atom. The van der Waals surface area contributed by atoms with Crippen molar-refractivity contribution in [2.75, 3.05) is 13.7 Å². The lowest BCUT2D eigenvalue weighted by Crippen LogP contribution is -2.13. The molecule has 5 nitrogen and oxygen atoms in total. The lowest BCUT2D eigenvalue weighted by molar-refractivity contribution is 0.267. The molecular weight excluding hydrogens is 176 g/mol. The molecule has 1 aromatic rings. The molecule has 1 aromatic heterocycles. The van der Waals surface area contributed by atoms with Crippen LogP contribution >= 0.6 is 11.3 Å². The normalized spacial score (nSPS) is 13.2. The molecule has 68 valence electrons. The summed E-state index contributed by atoms with van der Waals surface area (Å²) in [6.07, 6.45) is 0. The topological polar surface area (TPSA) is 84.1 Å². The number of rotatable bonds is 4. The van der Waals surface area contributed by atoms with E-state index in [1.807, 2.05) is 7.05 Å². The maximum absolute atomic E-state index is 8.73. The molecule has 0 unspecified atom stereocenters. The van der Waals surface area contributed by atoms with Gasteiger partial charge in [0, 0.05) is 6.54 Å². The van der Waals surface area contributed by atoms with Crippen LogP contribution in [0.2, 0.25) is 0 Å². The van der Waals surface area contributed by atoms with E-state index in [9.17, 15) is 0 Å². The fraction of sp³-hybridized carbons (Fsp3) is 0.667. The SMILES string of the molecule is CNCc1nnc([C@@H](N)CO)s1. The second-order valence-corrected chi connectivity index (χ2v) is 3.45. The van der Waals surface area contributed by atoms with Crippen molar-refractivity contribution in [3.8, 4) is 0 Å². The highest BCUT2D eigenvalue weighted by Crippen LogP contribution is 2.15. The van der Waals surface area contributed by atoms with Crippen LogP contribution in [0.3, 0.4) is 0 Å². The van der Waals surface area contributed by atoms with Crippen LogP contribution in [-0.4, -0.2) is 29.0 Å². The molecule has 12 heavy (non-hydrogen) atoms. The number of nitrogens with zero attached hydrogens (tertiary/aromatic N) is 2. The Balaban J connectivity index is 2.63. The fourth-order valence-corrected chi connectivity index (χ4v) is 1.56. The van der Waals surface area contributed by atoms with Gasteiger partial charge in [-0.25, -0.2) is 0 Å². The molecule has 0 amide bonds. The quantitative estimate of drug-likeness (QED) is 0.579. The number of aromatic nitrogens is 2. The first kappa shape index (κ1) is 9.53. The van der Waals surface area contributed by atoms with Gasteiger partial charge in [0.15, 0.2) is 0 Å². The Kier molecular flexibility index (Phi) is 3.54. The Labute approximate surface area is 74.6 Å². The summed E-state index contributed by atoms with van der Waals surface area (Å²) in [5.74, 6) is 0. The summed E-state index contributed by atoms with van der Waals surface area (Å²) < 4.78 is 0. The zero-order valence-electron chi connectivity index (χ0n) is 6.82. The van der Waals surface area contributed by atoms with E-state index in [1.54, 1.807) is 0 Å². The molecule has 0 saturated carbocycles. The Morgan fingerprint density at radius 1 is 1.67 bits per heavy atom. The monoisotopic (exact) mass is 188 g/mol. The molecule has 0 radical (unpaired) electrons. The van der Waals surface area contributed by atoms with Crippen molar-refractivity contribution in [1.82, 2.24) is 15.5 Å². The second-order valence-electron chi connectivity index (χ2n) is 2.35. The van der Waals surface area contributed by atoms with Crippen LogP contribution in [0.4, 0.5) is 0 Å². The molecule has 0 aliphatic heterocycles. The number of hydrogen-bond acceptors (Lipinski definition) is 6. The highest BCUT2D eigenvalue weighted by Gasteiger charge is 2.10. The van der Waals surface area contributed by atoms with Crippen molar-refractivity contribution >= 4 is 11.3 Å². The minimum absolute atomic E-state index is 0.0891.